The van der Waals surface area contributed by atoms with E-state index in [2.05, 4.69) is 36.1 Å². The molecule has 0 saturated heterocycles. The summed E-state index contributed by atoms with van der Waals surface area (Å²) >= 11 is 0. The summed E-state index contributed by atoms with van der Waals surface area (Å²) in [6, 6.07) is 8.51. The molecular formula is C14H17NO. The SMILES string of the molecule is CCc1ccc(N(C)C2=CC(=O)CC2)cc1. The van der Waals surface area contributed by atoms with Crippen LogP contribution in [0.1, 0.15) is 25.3 Å². The van der Waals surface area contributed by atoms with Crippen LogP contribution in [-0.4, -0.2) is 12.8 Å². The summed E-state index contributed by atoms with van der Waals surface area (Å²) in [4.78, 5) is 13.3. The van der Waals surface area contributed by atoms with Crippen molar-refractivity contribution in [3.05, 3.63) is 41.6 Å². The highest BCUT2D eigenvalue weighted by Gasteiger charge is 2.16. The lowest BCUT2D eigenvalue weighted by Crippen LogP contribution is -2.14. The minimum atomic E-state index is 0.243. The van der Waals surface area contributed by atoms with Crippen molar-refractivity contribution in [1.29, 1.82) is 0 Å². The number of carbonyl (C=O) groups is 1. The van der Waals surface area contributed by atoms with Crippen molar-refractivity contribution in [2.75, 3.05) is 11.9 Å². The smallest absolute Gasteiger partial charge is 0.157 e. The monoisotopic (exact) mass is 215 g/mol. The second-order valence-electron chi connectivity index (χ2n) is 4.18. The first kappa shape index (κ1) is 10.9. The molecule has 16 heavy (non-hydrogen) atoms. The van der Waals surface area contributed by atoms with Crippen LogP contribution < -0.4 is 4.90 Å². The molecule has 0 fully saturated rings. The lowest BCUT2D eigenvalue weighted by molar-refractivity contribution is -0.114. The summed E-state index contributed by atoms with van der Waals surface area (Å²) < 4.78 is 0. The van der Waals surface area contributed by atoms with Gasteiger partial charge in [-0.15, -0.1) is 0 Å². The minimum absolute atomic E-state index is 0.243. The highest BCUT2D eigenvalue weighted by molar-refractivity contribution is 5.93. The molecule has 1 aromatic carbocycles. The highest BCUT2D eigenvalue weighted by Crippen LogP contribution is 2.24. The number of nitrogens with zero attached hydrogens (tertiary/aromatic N) is 1. The van der Waals surface area contributed by atoms with E-state index in [1.807, 2.05) is 7.05 Å². The van der Waals surface area contributed by atoms with Crippen LogP contribution in [0, 0.1) is 0 Å². The maximum atomic E-state index is 11.2. The van der Waals surface area contributed by atoms with Gasteiger partial charge in [-0.2, -0.15) is 0 Å². The van der Waals surface area contributed by atoms with Crippen molar-refractivity contribution < 1.29 is 4.79 Å². The largest absolute Gasteiger partial charge is 0.348 e. The molecule has 0 atom stereocenters. The molecule has 1 aliphatic carbocycles. The van der Waals surface area contributed by atoms with Gasteiger partial charge in [0.25, 0.3) is 0 Å². The van der Waals surface area contributed by atoms with E-state index >= 15 is 0 Å². The predicted octanol–water partition coefficient (Wildman–Crippen LogP) is 2.93. The average molecular weight is 215 g/mol. The predicted molar refractivity (Wildman–Crippen MR) is 66.5 cm³/mol. The van der Waals surface area contributed by atoms with Crippen LogP contribution in [0.2, 0.25) is 0 Å². The number of allylic oxidation sites excluding steroid dienone is 2. The molecule has 0 aliphatic heterocycles. The molecule has 2 rings (SSSR count). The molecule has 0 saturated carbocycles. The third-order valence-corrected chi connectivity index (χ3v) is 3.12. The Morgan fingerprint density at radius 2 is 1.88 bits per heavy atom. The van der Waals surface area contributed by atoms with Crippen LogP contribution in [0.15, 0.2) is 36.0 Å². The number of rotatable bonds is 3. The molecule has 84 valence electrons. The van der Waals surface area contributed by atoms with E-state index < -0.39 is 0 Å². The lowest BCUT2D eigenvalue weighted by Gasteiger charge is -2.20. The number of carbonyl (C=O) groups excluding carboxylic acids is 1. The van der Waals surface area contributed by atoms with E-state index in [1.165, 1.54) is 5.56 Å². The minimum Gasteiger partial charge on any atom is -0.348 e. The Morgan fingerprint density at radius 3 is 2.38 bits per heavy atom. The zero-order chi connectivity index (χ0) is 11.5. The maximum Gasteiger partial charge on any atom is 0.157 e. The van der Waals surface area contributed by atoms with Gasteiger partial charge in [-0.25, -0.2) is 0 Å². The summed E-state index contributed by atoms with van der Waals surface area (Å²) in [5, 5.41) is 0. The topological polar surface area (TPSA) is 20.3 Å². The van der Waals surface area contributed by atoms with Gasteiger partial charge in [0.1, 0.15) is 0 Å². The molecular weight excluding hydrogens is 198 g/mol. The number of anilines is 1. The third-order valence-electron chi connectivity index (χ3n) is 3.12. The highest BCUT2D eigenvalue weighted by atomic mass is 16.1. The molecule has 0 radical (unpaired) electrons. The standard InChI is InChI=1S/C14H17NO/c1-3-11-4-6-12(7-5-11)15(2)13-8-9-14(16)10-13/h4-7,10H,3,8-9H2,1-2H3. The van der Waals surface area contributed by atoms with Crippen molar-refractivity contribution in [3.8, 4) is 0 Å². The first-order valence-corrected chi connectivity index (χ1v) is 5.77. The molecule has 1 aromatic rings. The average Bonchev–Trinajstić information content (AvgIpc) is 2.75. The van der Waals surface area contributed by atoms with Gasteiger partial charge in [-0.3, -0.25) is 4.79 Å². The van der Waals surface area contributed by atoms with Crippen LogP contribution in [0.25, 0.3) is 0 Å². The summed E-state index contributed by atoms with van der Waals surface area (Å²) in [5.41, 5.74) is 3.61. The molecule has 0 N–H and O–H groups in total. The summed E-state index contributed by atoms with van der Waals surface area (Å²) in [6.45, 7) is 2.15. The molecule has 0 amide bonds. The Morgan fingerprint density at radius 1 is 1.19 bits per heavy atom. The van der Waals surface area contributed by atoms with Crippen LogP contribution in [0.4, 0.5) is 5.69 Å². The Kier molecular flexibility index (Phi) is 3.09. The molecule has 1 aliphatic rings. The lowest BCUT2D eigenvalue weighted by atomic mass is 10.1. The summed E-state index contributed by atoms with van der Waals surface area (Å²) in [7, 11) is 2.02. The maximum absolute atomic E-state index is 11.2. The van der Waals surface area contributed by atoms with E-state index in [4.69, 9.17) is 0 Å². The van der Waals surface area contributed by atoms with Crippen LogP contribution in [0.3, 0.4) is 0 Å². The van der Waals surface area contributed by atoms with Crippen molar-refractivity contribution >= 4 is 11.5 Å². The molecule has 0 heterocycles. The van der Waals surface area contributed by atoms with Gasteiger partial charge in [0.15, 0.2) is 5.78 Å². The molecule has 0 aromatic heterocycles. The molecule has 0 unspecified atom stereocenters. The van der Waals surface area contributed by atoms with Crippen LogP contribution in [-0.2, 0) is 11.2 Å². The number of hydrogen-bond donors (Lipinski definition) is 0. The Labute approximate surface area is 96.6 Å². The molecule has 2 nitrogen and oxygen atoms in total. The number of hydrogen-bond acceptors (Lipinski definition) is 2. The molecule has 0 spiro atoms. The van der Waals surface area contributed by atoms with Crippen molar-refractivity contribution in [2.24, 2.45) is 0 Å². The van der Waals surface area contributed by atoms with E-state index in [1.54, 1.807) is 6.08 Å². The van der Waals surface area contributed by atoms with Gasteiger partial charge < -0.3 is 4.90 Å². The molecule has 2 heteroatoms. The number of ketones is 1. The fraction of sp³-hybridized carbons (Fsp3) is 0.357. The van der Waals surface area contributed by atoms with E-state index in [9.17, 15) is 4.79 Å². The fourth-order valence-corrected chi connectivity index (χ4v) is 1.97. The van der Waals surface area contributed by atoms with Gasteiger partial charge in [0, 0.05) is 30.9 Å². The van der Waals surface area contributed by atoms with Gasteiger partial charge in [-0.05, 0) is 30.5 Å². The quantitative estimate of drug-likeness (QED) is 0.772. The number of aryl methyl sites for hydroxylation is 1. The van der Waals surface area contributed by atoms with Gasteiger partial charge in [-0.1, -0.05) is 19.1 Å². The third kappa shape index (κ3) is 2.16. The van der Waals surface area contributed by atoms with E-state index in [0.29, 0.717) is 6.42 Å². The number of benzene rings is 1. The van der Waals surface area contributed by atoms with Gasteiger partial charge in [0.05, 0.1) is 0 Å². The summed E-state index contributed by atoms with van der Waals surface area (Å²) in [5.74, 6) is 0.243. The Balaban J connectivity index is 2.17. The Bertz CT molecular complexity index is 417. The zero-order valence-electron chi connectivity index (χ0n) is 9.86. The van der Waals surface area contributed by atoms with Crippen molar-refractivity contribution in [2.45, 2.75) is 26.2 Å². The van der Waals surface area contributed by atoms with Crippen molar-refractivity contribution in [3.63, 3.8) is 0 Å². The normalized spacial score (nSPS) is 15.1. The second-order valence-corrected chi connectivity index (χ2v) is 4.18. The van der Waals surface area contributed by atoms with E-state index in [-0.39, 0.29) is 5.78 Å². The van der Waals surface area contributed by atoms with Crippen molar-refractivity contribution in [1.82, 2.24) is 0 Å². The summed E-state index contributed by atoms with van der Waals surface area (Å²) in [6.07, 6.45) is 4.34. The van der Waals surface area contributed by atoms with Gasteiger partial charge in [0.2, 0.25) is 0 Å². The van der Waals surface area contributed by atoms with Gasteiger partial charge >= 0.3 is 0 Å². The van der Waals surface area contributed by atoms with Crippen LogP contribution >= 0.6 is 0 Å². The zero-order valence-corrected chi connectivity index (χ0v) is 9.86. The van der Waals surface area contributed by atoms with Crippen LogP contribution in [0.5, 0.6) is 0 Å². The first-order chi connectivity index (χ1) is 7.70. The van der Waals surface area contributed by atoms with E-state index in [0.717, 1.165) is 24.2 Å². The molecule has 0 bridgehead atoms. The fourth-order valence-electron chi connectivity index (χ4n) is 1.97. The second kappa shape index (κ2) is 4.52. The Hall–Kier alpha value is -1.57. The first-order valence-electron chi connectivity index (χ1n) is 5.77.